The summed E-state index contributed by atoms with van der Waals surface area (Å²) in [6.07, 6.45) is 1.97. The Morgan fingerprint density at radius 3 is 2.29 bits per heavy atom. The minimum Gasteiger partial charge on any atom is -0.351 e. The quantitative estimate of drug-likeness (QED) is 0.549. The molecule has 3 N–H and O–H groups in total. The number of aromatic nitrogens is 3. The van der Waals surface area contributed by atoms with Gasteiger partial charge in [0.25, 0.3) is 0 Å². The van der Waals surface area contributed by atoms with Gasteiger partial charge in [0.2, 0.25) is 17.8 Å². The third-order valence-corrected chi connectivity index (χ3v) is 6.02. The molecule has 1 aromatic heterocycles. The standard InChI is InChI=1S/C23H26ClN7/c24-19-7-5-16(6-8-19)15-26-21-28-22(30-23(29-21)31-11-9-25-10-12-31)27-20-13-17-3-1-2-4-18(17)14-20/h1-8,20,25H,9-15H2,(H2,26,27,28,29,30). The van der Waals surface area contributed by atoms with E-state index in [1.54, 1.807) is 0 Å². The van der Waals surface area contributed by atoms with E-state index in [-0.39, 0.29) is 0 Å². The molecule has 2 aromatic carbocycles. The highest BCUT2D eigenvalue weighted by Gasteiger charge is 2.23. The van der Waals surface area contributed by atoms with Gasteiger partial charge in [-0.2, -0.15) is 15.0 Å². The molecule has 1 aliphatic carbocycles. The van der Waals surface area contributed by atoms with Crippen molar-refractivity contribution < 1.29 is 0 Å². The maximum atomic E-state index is 6.00. The Labute approximate surface area is 187 Å². The molecular formula is C23H26ClN7. The number of nitrogens with zero attached hydrogens (tertiary/aromatic N) is 4. The molecular weight excluding hydrogens is 410 g/mol. The molecule has 0 unspecified atom stereocenters. The monoisotopic (exact) mass is 435 g/mol. The Morgan fingerprint density at radius 1 is 0.903 bits per heavy atom. The summed E-state index contributed by atoms with van der Waals surface area (Å²) in [4.78, 5) is 16.3. The smallest absolute Gasteiger partial charge is 0.232 e. The van der Waals surface area contributed by atoms with Gasteiger partial charge in [0.1, 0.15) is 0 Å². The van der Waals surface area contributed by atoms with Crippen molar-refractivity contribution in [1.29, 1.82) is 0 Å². The largest absolute Gasteiger partial charge is 0.351 e. The first-order chi connectivity index (χ1) is 15.2. The van der Waals surface area contributed by atoms with Crippen LogP contribution in [0.15, 0.2) is 48.5 Å². The lowest BCUT2D eigenvalue weighted by Gasteiger charge is -2.28. The van der Waals surface area contributed by atoms with Crippen LogP contribution in [0.5, 0.6) is 0 Å². The maximum absolute atomic E-state index is 6.00. The molecule has 0 amide bonds. The van der Waals surface area contributed by atoms with Crippen molar-refractivity contribution in [3.8, 4) is 0 Å². The maximum Gasteiger partial charge on any atom is 0.232 e. The molecule has 2 aliphatic rings. The molecule has 0 radical (unpaired) electrons. The lowest BCUT2D eigenvalue weighted by atomic mass is 10.1. The normalized spacial score (nSPS) is 16.2. The number of anilines is 3. The van der Waals surface area contributed by atoms with Gasteiger partial charge in [-0.1, -0.05) is 48.0 Å². The molecule has 0 spiro atoms. The molecule has 31 heavy (non-hydrogen) atoms. The zero-order valence-corrected chi connectivity index (χ0v) is 18.1. The van der Waals surface area contributed by atoms with Crippen molar-refractivity contribution in [2.24, 2.45) is 0 Å². The van der Waals surface area contributed by atoms with Gasteiger partial charge in [-0.15, -0.1) is 0 Å². The molecule has 8 heteroatoms. The zero-order chi connectivity index (χ0) is 21.0. The van der Waals surface area contributed by atoms with Crippen LogP contribution in [0.2, 0.25) is 5.02 Å². The number of piperazine rings is 1. The van der Waals surface area contributed by atoms with Crippen molar-refractivity contribution in [3.63, 3.8) is 0 Å². The Kier molecular flexibility index (Phi) is 5.86. The van der Waals surface area contributed by atoms with Gasteiger partial charge in [0, 0.05) is 43.8 Å². The number of hydrogen-bond acceptors (Lipinski definition) is 7. The summed E-state index contributed by atoms with van der Waals surface area (Å²) in [5.74, 6) is 1.92. The third-order valence-electron chi connectivity index (χ3n) is 5.77. The fourth-order valence-corrected chi connectivity index (χ4v) is 4.27. The number of nitrogens with one attached hydrogen (secondary N) is 3. The summed E-state index contributed by atoms with van der Waals surface area (Å²) >= 11 is 6.00. The van der Waals surface area contributed by atoms with Crippen LogP contribution >= 0.6 is 11.6 Å². The Bertz CT molecular complexity index is 1010. The zero-order valence-electron chi connectivity index (χ0n) is 17.3. The van der Waals surface area contributed by atoms with E-state index < -0.39 is 0 Å². The van der Waals surface area contributed by atoms with E-state index >= 15 is 0 Å². The Morgan fingerprint density at radius 2 is 1.58 bits per heavy atom. The number of hydrogen-bond donors (Lipinski definition) is 3. The summed E-state index contributed by atoms with van der Waals surface area (Å²) in [5, 5.41) is 11.0. The first-order valence-corrected chi connectivity index (χ1v) is 11.1. The van der Waals surface area contributed by atoms with Crippen LogP contribution in [0.3, 0.4) is 0 Å². The average molecular weight is 436 g/mol. The predicted molar refractivity (Wildman–Crippen MR) is 125 cm³/mol. The van der Waals surface area contributed by atoms with Gasteiger partial charge < -0.3 is 20.9 Å². The molecule has 5 rings (SSSR count). The van der Waals surface area contributed by atoms with E-state index in [0.29, 0.717) is 30.4 Å². The highest BCUT2D eigenvalue weighted by molar-refractivity contribution is 6.30. The average Bonchev–Trinajstić information content (AvgIpc) is 3.21. The van der Waals surface area contributed by atoms with Crippen LogP contribution in [0, 0.1) is 0 Å². The third kappa shape index (κ3) is 4.89. The SMILES string of the molecule is Clc1ccc(CNc2nc(NC3Cc4ccccc4C3)nc(N3CCNCC3)n2)cc1. The highest BCUT2D eigenvalue weighted by Crippen LogP contribution is 2.24. The van der Waals surface area contributed by atoms with Crippen LogP contribution in [-0.4, -0.2) is 47.2 Å². The van der Waals surface area contributed by atoms with Crippen molar-refractivity contribution in [3.05, 3.63) is 70.2 Å². The molecule has 0 saturated carbocycles. The predicted octanol–water partition coefficient (Wildman–Crippen LogP) is 3.13. The lowest BCUT2D eigenvalue weighted by Crippen LogP contribution is -2.44. The summed E-state index contributed by atoms with van der Waals surface area (Å²) in [7, 11) is 0. The number of halogens is 1. The second kappa shape index (κ2) is 9.08. The fraction of sp³-hybridized carbons (Fsp3) is 0.348. The number of rotatable bonds is 6. The van der Waals surface area contributed by atoms with E-state index in [9.17, 15) is 0 Å². The lowest BCUT2D eigenvalue weighted by molar-refractivity contribution is 0.579. The highest BCUT2D eigenvalue weighted by atomic mass is 35.5. The number of fused-ring (bicyclic) bond motifs is 1. The Balaban J connectivity index is 1.34. The molecule has 160 valence electrons. The first kappa shape index (κ1) is 20.0. The minimum absolute atomic E-state index is 0.291. The van der Waals surface area contributed by atoms with Crippen LogP contribution in [-0.2, 0) is 19.4 Å². The topological polar surface area (TPSA) is 78.0 Å². The van der Waals surface area contributed by atoms with Gasteiger partial charge in [0.05, 0.1) is 0 Å². The van der Waals surface area contributed by atoms with E-state index in [1.807, 2.05) is 24.3 Å². The van der Waals surface area contributed by atoms with Crippen LogP contribution < -0.4 is 20.9 Å². The first-order valence-electron chi connectivity index (χ1n) is 10.8. The molecule has 0 bridgehead atoms. The molecule has 1 saturated heterocycles. The molecule has 1 aliphatic heterocycles. The van der Waals surface area contributed by atoms with Crippen molar-refractivity contribution in [1.82, 2.24) is 20.3 Å². The summed E-state index contributed by atoms with van der Waals surface area (Å²) in [5.41, 5.74) is 3.92. The molecule has 1 fully saturated rings. The van der Waals surface area contributed by atoms with Gasteiger partial charge in [0.15, 0.2) is 0 Å². The van der Waals surface area contributed by atoms with Gasteiger partial charge >= 0.3 is 0 Å². The summed E-state index contributed by atoms with van der Waals surface area (Å²) < 4.78 is 0. The van der Waals surface area contributed by atoms with Crippen LogP contribution in [0.1, 0.15) is 16.7 Å². The van der Waals surface area contributed by atoms with Gasteiger partial charge in [-0.3, -0.25) is 0 Å². The summed E-state index contributed by atoms with van der Waals surface area (Å²) in [6.45, 7) is 4.25. The van der Waals surface area contributed by atoms with E-state index in [2.05, 4.69) is 50.1 Å². The minimum atomic E-state index is 0.291. The second-order valence-electron chi connectivity index (χ2n) is 8.02. The molecule has 3 aromatic rings. The van der Waals surface area contributed by atoms with Crippen molar-refractivity contribution >= 4 is 29.4 Å². The number of benzene rings is 2. The van der Waals surface area contributed by atoms with Gasteiger partial charge in [-0.05, 0) is 41.7 Å². The van der Waals surface area contributed by atoms with Crippen LogP contribution in [0.4, 0.5) is 17.8 Å². The van der Waals surface area contributed by atoms with Crippen LogP contribution in [0.25, 0.3) is 0 Å². The fourth-order valence-electron chi connectivity index (χ4n) is 4.14. The second-order valence-corrected chi connectivity index (χ2v) is 8.45. The van der Waals surface area contributed by atoms with E-state index in [0.717, 1.165) is 49.6 Å². The Hall–Kier alpha value is -2.90. The molecule has 2 heterocycles. The summed E-state index contributed by atoms with van der Waals surface area (Å²) in [6, 6.07) is 16.7. The van der Waals surface area contributed by atoms with Gasteiger partial charge in [-0.25, -0.2) is 0 Å². The molecule has 7 nitrogen and oxygen atoms in total. The van der Waals surface area contributed by atoms with E-state index in [1.165, 1.54) is 11.1 Å². The van der Waals surface area contributed by atoms with Crippen molar-refractivity contribution in [2.75, 3.05) is 41.7 Å². The molecule has 0 atom stereocenters. The van der Waals surface area contributed by atoms with Crippen molar-refractivity contribution in [2.45, 2.75) is 25.4 Å². The van der Waals surface area contributed by atoms with E-state index in [4.69, 9.17) is 21.6 Å².